The van der Waals surface area contributed by atoms with Crippen molar-refractivity contribution in [3.63, 3.8) is 0 Å². The van der Waals surface area contributed by atoms with Gasteiger partial charge in [-0.15, -0.1) is 0 Å². The highest BCUT2D eigenvalue weighted by Gasteiger charge is 2.49. The lowest BCUT2D eigenvalue weighted by Gasteiger charge is -2.30. The van der Waals surface area contributed by atoms with Gasteiger partial charge in [-0.05, 0) is 39.8 Å². The van der Waals surface area contributed by atoms with E-state index in [9.17, 15) is 18.5 Å². The number of aromatic nitrogens is 3. The van der Waals surface area contributed by atoms with Gasteiger partial charge in [-0.25, -0.2) is 19.3 Å². The Balaban J connectivity index is 2.04. The first-order valence-corrected chi connectivity index (χ1v) is 9.90. The molecular weight excluding hydrogens is 416 g/mol. The van der Waals surface area contributed by atoms with Crippen molar-refractivity contribution in [2.75, 3.05) is 5.32 Å². The van der Waals surface area contributed by atoms with E-state index < -0.39 is 28.9 Å². The van der Waals surface area contributed by atoms with Crippen LogP contribution in [0, 0.1) is 12.7 Å². The molecule has 1 aromatic carbocycles. The van der Waals surface area contributed by atoms with Crippen molar-refractivity contribution in [3.05, 3.63) is 53.2 Å². The van der Waals surface area contributed by atoms with Crippen LogP contribution in [0.2, 0.25) is 0 Å². The van der Waals surface area contributed by atoms with E-state index in [1.165, 1.54) is 18.3 Å². The Morgan fingerprint density at radius 2 is 1.93 bits per heavy atom. The lowest BCUT2D eigenvalue weighted by molar-refractivity contribution is -0.170. The Bertz CT molecular complexity index is 1120. The minimum atomic E-state index is -3.79. The molecule has 2 heterocycles. The number of aryl methyl sites for hydroxylation is 1. The number of nitrogens with one attached hydrogen (secondary N) is 1. The van der Waals surface area contributed by atoms with E-state index in [1.54, 1.807) is 19.9 Å². The molecule has 1 atom stereocenters. The van der Waals surface area contributed by atoms with Crippen LogP contribution in [0.1, 0.15) is 43.8 Å². The second kappa shape index (κ2) is 7.89. The van der Waals surface area contributed by atoms with Crippen LogP contribution in [0.25, 0.3) is 11.0 Å². The van der Waals surface area contributed by atoms with Gasteiger partial charge in [0.15, 0.2) is 14.1 Å². The first-order valence-electron chi connectivity index (χ1n) is 9.09. The van der Waals surface area contributed by atoms with Gasteiger partial charge in [0.25, 0.3) is 0 Å². The molecule has 0 spiro atoms. The molecule has 0 amide bonds. The van der Waals surface area contributed by atoms with Gasteiger partial charge in [-0.3, -0.25) is 4.57 Å². The fourth-order valence-electron chi connectivity index (χ4n) is 3.01. The summed E-state index contributed by atoms with van der Waals surface area (Å²) in [6.45, 7) is 5.10. The lowest BCUT2D eigenvalue weighted by Crippen LogP contribution is -2.41. The molecule has 3 aromatic rings. The van der Waals surface area contributed by atoms with E-state index >= 15 is 4.39 Å². The maximum absolute atomic E-state index is 15.0. The number of aliphatic hydroxyl groups is 1. The van der Waals surface area contributed by atoms with E-state index in [4.69, 9.17) is 0 Å². The van der Waals surface area contributed by atoms with Crippen LogP contribution in [0.15, 0.2) is 30.5 Å². The average Bonchev–Trinajstić information content (AvgIpc) is 2.66. The molecule has 0 saturated heterocycles. The minimum Gasteiger partial charge on any atom is -0.384 e. The van der Waals surface area contributed by atoms with Crippen LogP contribution in [0.5, 0.6) is 0 Å². The number of benzene rings is 1. The lowest BCUT2D eigenvalue weighted by atomic mass is 9.91. The van der Waals surface area contributed by atoms with Crippen molar-refractivity contribution < 1.29 is 22.8 Å². The van der Waals surface area contributed by atoms with Crippen molar-refractivity contribution in [1.29, 1.82) is 0 Å². The first kappa shape index (κ1) is 22.1. The summed E-state index contributed by atoms with van der Waals surface area (Å²) >= 11 is 0. The molecule has 6 nitrogen and oxygen atoms in total. The predicted octanol–water partition coefficient (Wildman–Crippen LogP) is 4.43. The number of anilines is 1. The van der Waals surface area contributed by atoms with Crippen molar-refractivity contribution in [2.45, 2.75) is 45.3 Å². The molecule has 0 aliphatic rings. The smallest absolute Gasteiger partial charge is 0.303 e. The number of hydrogen-bond donors (Lipinski definition) is 2. The number of fused-ring (bicyclic) bond motifs is 1. The Morgan fingerprint density at radius 1 is 1.23 bits per heavy atom. The molecule has 158 valence electrons. The highest BCUT2D eigenvalue weighted by molar-refractivity contribution is 7.34. The highest BCUT2D eigenvalue weighted by Crippen LogP contribution is 2.41. The van der Waals surface area contributed by atoms with Gasteiger partial charge in [0, 0.05) is 11.8 Å². The van der Waals surface area contributed by atoms with Gasteiger partial charge in [0.05, 0.1) is 22.3 Å². The van der Waals surface area contributed by atoms with E-state index in [0.29, 0.717) is 28.0 Å². The van der Waals surface area contributed by atoms with Gasteiger partial charge in [-0.2, -0.15) is 8.78 Å². The number of alkyl halides is 2. The summed E-state index contributed by atoms with van der Waals surface area (Å²) in [4.78, 5) is 12.7. The maximum atomic E-state index is 15.0. The van der Waals surface area contributed by atoms with Crippen molar-refractivity contribution >= 4 is 30.6 Å². The van der Waals surface area contributed by atoms with E-state index in [0.717, 1.165) is 19.9 Å². The highest BCUT2D eigenvalue weighted by atomic mass is 31.1. The molecular formula is C20H20F3N4O2P. The molecule has 2 aromatic heterocycles. The fraction of sp³-hybridized carbons (Fsp3) is 0.350. The molecule has 0 radical (unpaired) electrons. The first-order chi connectivity index (χ1) is 14.0. The SMILES string of the molecule is Cc1nc(N[C@H](C)c2cccc(C(F)(F)C(C)(C)O)c2F)c2cc(P=O)cnc2n1. The molecule has 2 N–H and O–H groups in total. The quantitative estimate of drug-likeness (QED) is 0.556. The summed E-state index contributed by atoms with van der Waals surface area (Å²) in [5, 5.41) is 13.7. The van der Waals surface area contributed by atoms with Crippen LogP contribution < -0.4 is 10.6 Å². The monoisotopic (exact) mass is 436 g/mol. The van der Waals surface area contributed by atoms with Crippen LogP contribution in [-0.4, -0.2) is 25.7 Å². The van der Waals surface area contributed by atoms with Gasteiger partial charge in [-0.1, -0.05) is 12.1 Å². The van der Waals surface area contributed by atoms with E-state index in [-0.39, 0.29) is 14.0 Å². The Labute approximate surface area is 172 Å². The fourth-order valence-corrected chi connectivity index (χ4v) is 3.30. The second-order valence-electron chi connectivity index (χ2n) is 7.48. The zero-order chi connectivity index (χ0) is 22.3. The number of rotatable bonds is 6. The zero-order valence-electron chi connectivity index (χ0n) is 16.7. The van der Waals surface area contributed by atoms with E-state index in [2.05, 4.69) is 20.3 Å². The number of pyridine rings is 1. The molecule has 0 unspecified atom stereocenters. The molecule has 0 saturated carbocycles. The minimum absolute atomic E-state index is 0.0214. The normalized spacial score (nSPS) is 13.6. The zero-order valence-corrected chi connectivity index (χ0v) is 17.6. The molecule has 0 aliphatic carbocycles. The van der Waals surface area contributed by atoms with Gasteiger partial charge in [0.1, 0.15) is 23.1 Å². The van der Waals surface area contributed by atoms with Crippen molar-refractivity contribution in [1.82, 2.24) is 15.0 Å². The summed E-state index contributed by atoms with van der Waals surface area (Å²) in [5.41, 5.74) is -3.00. The van der Waals surface area contributed by atoms with Gasteiger partial charge in [0.2, 0.25) is 0 Å². The summed E-state index contributed by atoms with van der Waals surface area (Å²) < 4.78 is 55.4. The topological polar surface area (TPSA) is 88.0 Å². The molecule has 0 bridgehead atoms. The maximum Gasteiger partial charge on any atom is 0.303 e. The van der Waals surface area contributed by atoms with Crippen LogP contribution in [0.4, 0.5) is 19.0 Å². The summed E-state index contributed by atoms with van der Waals surface area (Å²) in [5.74, 6) is -4.20. The molecule has 3 rings (SSSR count). The average molecular weight is 436 g/mol. The Morgan fingerprint density at radius 3 is 2.57 bits per heavy atom. The second-order valence-corrected chi connectivity index (χ2v) is 8.18. The standard InChI is InChI=1S/C20H20F3N4O2P/c1-10(13-6-5-7-15(16(13)21)20(22,23)19(3,4)28)25-18-14-8-12(30-29)9-24-17(14)26-11(2)27-18/h5-10,28H,1-4H3,(H,24,25,26,27)/t10-/m1/s1. The third kappa shape index (κ3) is 4.00. The van der Waals surface area contributed by atoms with Gasteiger partial charge < -0.3 is 10.4 Å². The van der Waals surface area contributed by atoms with Crippen LogP contribution in [0.3, 0.4) is 0 Å². The van der Waals surface area contributed by atoms with Crippen LogP contribution in [-0.2, 0) is 10.5 Å². The van der Waals surface area contributed by atoms with E-state index in [1.807, 2.05) is 0 Å². The summed E-state index contributed by atoms with van der Waals surface area (Å²) in [6.07, 6.45) is 1.42. The molecule has 30 heavy (non-hydrogen) atoms. The Hall–Kier alpha value is -2.64. The Kier molecular flexibility index (Phi) is 5.80. The predicted molar refractivity (Wildman–Crippen MR) is 108 cm³/mol. The van der Waals surface area contributed by atoms with Crippen molar-refractivity contribution in [3.8, 4) is 0 Å². The molecule has 0 fully saturated rings. The van der Waals surface area contributed by atoms with Crippen LogP contribution >= 0.6 is 8.46 Å². The molecule has 10 heteroatoms. The molecule has 0 aliphatic heterocycles. The summed E-state index contributed by atoms with van der Waals surface area (Å²) in [7, 11) is -0.232. The number of hydrogen-bond acceptors (Lipinski definition) is 6. The summed E-state index contributed by atoms with van der Waals surface area (Å²) in [6, 6.07) is 4.48. The number of nitrogens with zero attached hydrogens (tertiary/aromatic N) is 3. The largest absolute Gasteiger partial charge is 0.384 e. The third-order valence-electron chi connectivity index (χ3n) is 4.71. The van der Waals surface area contributed by atoms with Gasteiger partial charge >= 0.3 is 5.92 Å². The number of halogens is 3. The third-order valence-corrected chi connectivity index (χ3v) is 5.16. The van der Waals surface area contributed by atoms with Crippen molar-refractivity contribution in [2.24, 2.45) is 0 Å².